The maximum Gasteiger partial charge on any atom is 0.0632 e. The Morgan fingerprint density at radius 3 is 3.08 bits per heavy atom. The van der Waals surface area contributed by atoms with Gasteiger partial charge in [-0.05, 0) is 27.4 Å². The van der Waals surface area contributed by atoms with Crippen LogP contribution in [0.15, 0.2) is 34.4 Å². The summed E-state index contributed by atoms with van der Waals surface area (Å²) in [6.45, 7) is 0.951. The lowest BCUT2D eigenvalue weighted by Gasteiger charge is -1.97. The number of thiophene rings is 1. The Bertz CT molecular complexity index is 367. The molecule has 13 heavy (non-hydrogen) atoms. The quantitative estimate of drug-likeness (QED) is 0.826. The van der Waals surface area contributed by atoms with Crippen LogP contribution in [0.3, 0.4) is 0 Å². The lowest BCUT2D eigenvalue weighted by molar-refractivity contribution is 0.618. The largest absolute Gasteiger partial charge is 0.271 e. The number of aryl methyl sites for hydroxylation is 2. The van der Waals surface area contributed by atoms with Gasteiger partial charge in [-0.25, -0.2) is 0 Å². The zero-order chi connectivity index (χ0) is 9.10. The predicted molar refractivity (Wildman–Crippen MR) is 58.0 cm³/mol. The fourth-order valence-corrected chi connectivity index (χ4v) is 2.17. The van der Waals surface area contributed by atoms with Crippen LogP contribution in [0.5, 0.6) is 0 Å². The predicted octanol–water partition coefficient (Wildman–Crippen LogP) is 2.95. The first-order chi connectivity index (χ1) is 6.34. The molecule has 0 saturated carbocycles. The van der Waals surface area contributed by atoms with Crippen LogP contribution in [0.1, 0.15) is 4.88 Å². The maximum atomic E-state index is 4.19. The minimum Gasteiger partial charge on any atom is -0.271 e. The molecule has 2 nitrogen and oxygen atoms in total. The molecule has 2 rings (SSSR count). The average molecular weight is 257 g/mol. The van der Waals surface area contributed by atoms with Crippen LogP contribution in [0, 0.1) is 0 Å². The van der Waals surface area contributed by atoms with Gasteiger partial charge >= 0.3 is 0 Å². The highest BCUT2D eigenvalue weighted by molar-refractivity contribution is 9.10. The van der Waals surface area contributed by atoms with Crippen molar-refractivity contribution in [3.8, 4) is 0 Å². The standard InChI is InChI=1S/C9H9BrN2S/c10-8-6-11-12(7-8)4-3-9-2-1-5-13-9/h1-2,5-7H,3-4H2. The van der Waals surface area contributed by atoms with E-state index in [-0.39, 0.29) is 0 Å². The second-order valence-electron chi connectivity index (χ2n) is 2.75. The van der Waals surface area contributed by atoms with Gasteiger partial charge in [0.05, 0.1) is 10.7 Å². The number of aromatic nitrogens is 2. The van der Waals surface area contributed by atoms with E-state index in [4.69, 9.17) is 0 Å². The van der Waals surface area contributed by atoms with Gasteiger partial charge in [-0.3, -0.25) is 4.68 Å². The Balaban J connectivity index is 1.93. The molecule has 0 unspecified atom stereocenters. The van der Waals surface area contributed by atoms with Crippen molar-refractivity contribution < 1.29 is 0 Å². The van der Waals surface area contributed by atoms with E-state index in [1.54, 1.807) is 11.3 Å². The monoisotopic (exact) mass is 256 g/mol. The molecule has 2 aromatic rings. The summed E-state index contributed by atoms with van der Waals surface area (Å²) in [5, 5.41) is 6.30. The van der Waals surface area contributed by atoms with Crippen LogP contribution >= 0.6 is 27.3 Å². The fourth-order valence-electron chi connectivity index (χ4n) is 1.14. The van der Waals surface area contributed by atoms with Crippen molar-refractivity contribution in [2.45, 2.75) is 13.0 Å². The first-order valence-corrected chi connectivity index (χ1v) is 5.72. The van der Waals surface area contributed by atoms with Gasteiger partial charge < -0.3 is 0 Å². The molecule has 0 spiro atoms. The SMILES string of the molecule is Brc1cnn(CCc2cccs2)c1. The van der Waals surface area contributed by atoms with E-state index in [0.29, 0.717) is 0 Å². The third-order valence-corrected chi connectivity index (χ3v) is 3.11. The van der Waals surface area contributed by atoms with Gasteiger partial charge in [0.25, 0.3) is 0 Å². The van der Waals surface area contributed by atoms with E-state index in [1.807, 2.05) is 17.1 Å². The third kappa shape index (κ3) is 2.42. The molecule has 2 heterocycles. The molecule has 0 atom stereocenters. The first-order valence-electron chi connectivity index (χ1n) is 4.05. The molecule has 0 N–H and O–H groups in total. The van der Waals surface area contributed by atoms with E-state index in [9.17, 15) is 0 Å². The topological polar surface area (TPSA) is 17.8 Å². The van der Waals surface area contributed by atoms with E-state index in [1.165, 1.54) is 4.88 Å². The summed E-state index contributed by atoms with van der Waals surface area (Å²) < 4.78 is 2.99. The Morgan fingerprint density at radius 2 is 2.46 bits per heavy atom. The molecule has 0 aliphatic rings. The first kappa shape index (κ1) is 8.97. The number of hydrogen-bond donors (Lipinski definition) is 0. The van der Waals surface area contributed by atoms with Crippen molar-refractivity contribution in [2.75, 3.05) is 0 Å². The lowest BCUT2D eigenvalue weighted by Crippen LogP contribution is -1.99. The highest BCUT2D eigenvalue weighted by atomic mass is 79.9. The Morgan fingerprint density at radius 1 is 1.54 bits per heavy atom. The van der Waals surface area contributed by atoms with Gasteiger partial charge in [0.15, 0.2) is 0 Å². The molecular formula is C9H9BrN2S. The molecule has 0 amide bonds. The van der Waals surface area contributed by atoms with Crippen LogP contribution in [0.4, 0.5) is 0 Å². The Hall–Kier alpha value is -0.610. The van der Waals surface area contributed by atoms with Crippen LogP contribution in [0.25, 0.3) is 0 Å². The minimum atomic E-state index is 0.951. The summed E-state index contributed by atoms with van der Waals surface area (Å²) in [6, 6.07) is 4.24. The van der Waals surface area contributed by atoms with Gasteiger partial charge in [-0.15, -0.1) is 11.3 Å². The summed E-state index contributed by atoms with van der Waals surface area (Å²) in [7, 11) is 0. The van der Waals surface area contributed by atoms with Crippen molar-refractivity contribution in [2.24, 2.45) is 0 Å². The van der Waals surface area contributed by atoms with Gasteiger partial charge in [0.1, 0.15) is 0 Å². The molecule has 0 saturated heterocycles. The number of hydrogen-bond acceptors (Lipinski definition) is 2. The lowest BCUT2D eigenvalue weighted by atomic mass is 10.3. The second kappa shape index (κ2) is 4.07. The molecule has 0 aliphatic heterocycles. The summed E-state index contributed by atoms with van der Waals surface area (Å²) in [4.78, 5) is 1.41. The van der Waals surface area contributed by atoms with Crippen molar-refractivity contribution in [3.63, 3.8) is 0 Å². The Labute approximate surface area is 89.3 Å². The number of halogens is 1. The maximum absolute atomic E-state index is 4.19. The van der Waals surface area contributed by atoms with Crippen molar-refractivity contribution in [1.29, 1.82) is 0 Å². The molecule has 0 bridgehead atoms. The van der Waals surface area contributed by atoms with E-state index >= 15 is 0 Å². The molecule has 4 heteroatoms. The summed E-state index contributed by atoms with van der Waals surface area (Å²) in [5.41, 5.74) is 0. The van der Waals surface area contributed by atoms with Gasteiger partial charge in [0.2, 0.25) is 0 Å². The highest BCUT2D eigenvalue weighted by Gasteiger charge is 1.96. The van der Waals surface area contributed by atoms with E-state index in [2.05, 4.69) is 38.5 Å². The van der Waals surface area contributed by atoms with Gasteiger partial charge in [-0.1, -0.05) is 6.07 Å². The molecule has 0 aliphatic carbocycles. The molecule has 2 aromatic heterocycles. The van der Waals surface area contributed by atoms with Gasteiger partial charge in [0, 0.05) is 24.0 Å². The summed E-state index contributed by atoms with van der Waals surface area (Å²) >= 11 is 5.17. The third-order valence-electron chi connectivity index (χ3n) is 1.77. The smallest absolute Gasteiger partial charge is 0.0632 e. The van der Waals surface area contributed by atoms with Crippen molar-refractivity contribution in [1.82, 2.24) is 9.78 Å². The van der Waals surface area contributed by atoms with Crippen LogP contribution in [-0.4, -0.2) is 9.78 Å². The van der Waals surface area contributed by atoms with E-state index in [0.717, 1.165) is 17.4 Å². The molecule has 0 fully saturated rings. The zero-order valence-corrected chi connectivity index (χ0v) is 9.38. The number of rotatable bonds is 3. The summed E-state index contributed by atoms with van der Waals surface area (Å²) in [5.74, 6) is 0. The average Bonchev–Trinajstić information content (AvgIpc) is 2.71. The fraction of sp³-hybridized carbons (Fsp3) is 0.222. The van der Waals surface area contributed by atoms with Crippen LogP contribution in [0.2, 0.25) is 0 Å². The summed E-state index contributed by atoms with van der Waals surface area (Å²) in [6.07, 6.45) is 4.87. The second-order valence-corrected chi connectivity index (χ2v) is 4.70. The highest BCUT2D eigenvalue weighted by Crippen LogP contribution is 2.11. The van der Waals surface area contributed by atoms with Crippen molar-refractivity contribution in [3.05, 3.63) is 39.3 Å². The minimum absolute atomic E-state index is 0.951. The number of nitrogens with zero attached hydrogens (tertiary/aromatic N) is 2. The molecule has 0 radical (unpaired) electrons. The van der Waals surface area contributed by atoms with Crippen molar-refractivity contribution >= 4 is 27.3 Å². The van der Waals surface area contributed by atoms with Crippen LogP contribution < -0.4 is 0 Å². The molecule has 0 aromatic carbocycles. The van der Waals surface area contributed by atoms with E-state index < -0.39 is 0 Å². The van der Waals surface area contributed by atoms with Crippen LogP contribution in [-0.2, 0) is 13.0 Å². The molecule has 68 valence electrons. The zero-order valence-electron chi connectivity index (χ0n) is 6.98. The Kier molecular flexibility index (Phi) is 2.80. The normalized spacial score (nSPS) is 10.5. The molecular weight excluding hydrogens is 248 g/mol. The van der Waals surface area contributed by atoms with Gasteiger partial charge in [-0.2, -0.15) is 5.10 Å².